The van der Waals surface area contributed by atoms with Crippen LogP contribution in [-0.2, 0) is 0 Å². The standard InChI is InChI=1S/C15H9ClN2O/c16-8-5-6-12-11(7-8)13-9-3-1-2-4-10(9)15(19)18-14(13)17-12/h1-7H,(H2,17,18,19). The molecule has 19 heavy (non-hydrogen) atoms. The van der Waals surface area contributed by atoms with Crippen molar-refractivity contribution in [1.29, 1.82) is 0 Å². The van der Waals surface area contributed by atoms with Gasteiger partial charge in [-0.3, -0.25) is 4.79 Å². The van der Waals surface area contributed by atoms with Gasteiger partial charge in [0.25, 0.3) is 5.56 Å². The molecule has 0 radical (unpaired) electrons. The normalized spacial score (nSPS) is 11.6. The SMILES string of the molecule is O=c1[nH]c2[nH]c3ccc(Cl)cc3c2c2ccccc12. The van der Waals surface area contributed by atoms with E-state index in [1.807, 2.05) is 42.5 Å². The number of H-pyrrole nitrogens is 2. The molecular weight excluding hydrogens is 260 g/mol. The third-order valence-electron chi connectivity index (χ3n) is 3.44. The van der Waals surface area contributed by atoms with Crippen molar-refractivity contribution in [2.75, 3.05) is 0 Å². The minimum atomic E-state index is -0.0826. The van der Waals surface area contributed by atoms with E-state index in [1.54, 1.807) is 0 Å². The lowest BCUT2D eigenvalue weighted by Crippen LogP contribution is -2.05. The Morgan fingerprint density at radius 3 is 2.53 bits per heavy atom. The third-order valence-corrected chi connectivity index (χ3v) is 3.68. The fourth-order valence-electron chi connectivity index (χ4n) is 2.62. The number of pyridine rings is 1. The number of fused-ring (bicyclic) bond motifs is 5. The third kappa shape index (κ3) is 1.42. The fraction of sp³-hybridized carbons (Fsp3) is 0. The van der Waals surface area contributed by atoms with Crippen molar-refractivity contribution >= 4 is 44.3 Å². The molecule has 0 fully saturated rings. The average molecular weight is 269 g/mol. The Morgan fingerprint density at radius 1 is 0.895 bits per heavy atom. The Morgan fingerprint density at radius 2 is 1.68 bits per heavy atom. The summed E-state index contributed by atoms with van der Waals surface area (Å²) in [5.74, 6) is 0. The Kier molecular flexibility index (Phi) is 2.03. The van der Waals surface area contributed by atoms with Crippen molar-refractivity contribution in [3.05, 3.63) is 57.8 Å². The van der Waals surface area contributed by atoms with E-state index in [-0.39, 0.29) is 5.56 Å². The van der Waals surface area contributed by atoms with Gasteiger partial charge >= 0.3 is 0 Å². The van der Waals surface area contributed by atoms with Gasteiger partial charge < -0.3 is 9.97 Å². The monoisotopic (exact) mass is 268 g/mol. The second kappa shape index (κ2) is 3.62. The highest BCUT2D eigenvalue weighted by Crippen LogP contribution is 2.30. The minimum absolute atomic E-state index is 0.0826. The quantitative estimate of drug-likeness (QED) is 0.500. The molecule has 4 heteroatoms. The fourth-order valence-corrected chi connectivity index (χ4v) is 2.79. The highest BCUT2D eigenvalue weighted by Gasteiger charge is 2.10. The summed E-state index contributed by atoms with van der Waals surface area (Å²) >= 11 is 6.07. The summed E-state index contributed by atoms with van der Waals surface area (Å²) in [5, 5.41) is 4.34. The zero-order valence-electron chi connectivity index (χ0n) is 9.83. The molecule has 0 unspecified atom stereocenters. The first-order chi connectivity index (χ1) is 9.24. The summed E-state index contributed by atoms with van der Waals surface area (Å²) in [6.45, 7) is 0. The van der Waals surface area contributed by atoms with Crippen molar-refractivity contribution in [1.82, 2.24) is 9.97 Å². The molecule has 2 aromatic carbocycles. The van der Waals surface area contributed by atoms with Gasteiger partial charge in [0.2, 0.25) is 0 Å². The van der Waals surface area contributed by atoms with Gasteiger partial charge in [0.15, 0.2) is 0 Å². The summed E-state index contributed by atoms with van der Waals surface area (Å²) in [4.78, 5) is 18.1. The second-order valence-corrected chi connectivity index (χ2v) is 5.00. The molecule has 2 aromatic heterocycles. The molecule has 92 valence electrons. The number of benzene rings is 2. The molecule has 4 aromatic rings. The maximum Gasteiger partial charge on any atom is 0.257 e. The number of nitrogens with one attached hydrogen (secondary N) is 2. The second-order valence-electron chi connectivity index (χ2n) is 4.56. The Labute approximate surface area is 112 Å². The molecule has 4 rings (SSSR count). The summed E-state index contributed by atoms with van der Waals surface area (Å²) in [6, 6.07) is 13.3. The highest BCUT2D eigenvalue weighted by molar-refractivity contribution is 6.32. The van der Waals surface area contributed by atoms with Crippen LogP contribution in [-0.4, -0.2) is 9.97 Å². The lowest BCUT2D eigenvalue weighted by molar-refractivity contribution is 1.30. The maximum atomic E-state index is 12.0. The molecule has 0 aliphatic carbocycles. The zero-order valence-corrected chi connectivity index (χ0v) is 10.6. The number of halogens is 1. The van der Waals surface area contributed by atoms with E-state index in [4.69, 9.17) is 11.6 Å². The first-order valence-corrected chi connectivity index (χ1v) is 6.34. The van der Waals surface area contributed by atoms with Crippen LogP contribution in [0.5, 0.6) is 0 Å². The van der Waals surface area contributed by atoms with E-state index in [0.29, 0.717) is 10.4 Å². The molecule has 0 aliphatic rings. The minimum Gasteiger partial charge on any atom is -0.341 e. The predicted octanol–water partition coefficient (Wildman–Crippen LogP) is 3.82. The average Bonchev–Trinajstić information content (AvgIpc) is 2.76. The molecule has 0 saturated heterocycles. The largest absolute Gasteiger partial charge is 0.341 e. The van der Waals surface area contributed by atoms with Crippen LogP contribution in [0.25, 0.3) is 32.7 Å². The van der Waals surface area contributed by atoms with E-state index < -0.39 is 0 Å². The predicted molar refractivity (Wildman–Crippen MR) is 78.9 cm³/mol. The van der Waals surface area contributed by atoms with Gasteiger partial charge in [-0.15, -0.1) is 0 Å². The molecule has 2 heterocycles. The Hall–Kier alpha value is -2.26. The van der Waals surface area contributed by atoms with Crippen molar-refractivity contribution in [3.8, 4) is 0 Å². The number of aromatic nitrogens is 2. The lowest BCUT2D eigenvalue weighted by atomic mass is 10.1. The van der Waals surface area contributed by atoms with E-state index in [1.165, 1.54) is 0 Å². The van der Waals surface area contributed by atoms with Gasteiger partial charge in [-0.2, -0.15) is 0 Å². The van der Waals surface area contributed by atoms with Crippen LogP contribution in [0, 0.1) is 0 Å². The topological polar surface area (TPSA) is 48.6 Å². The summed E-state index contributed by atoms with van der Waals surface area (Å²) in [6.07, 6.45) is 0. The maximum absolute atomic E-state index is 12.0. The molecule has 0 saturated carbocycles. The lowest BCUT2D eigenvalue weighted by Gasteiger charge is -1.99. The van der Waals surface area contributed by atoms with Crippen molar-refractivity contribution < 1.29 is 0 Å². The molecule has 0 bridgehead atoms. The van der Waals surface area contributed by atoms with Gasteiger partial charge in [-0.25, -0.2) is 0 Å². The van der Waals surface area contributed by atoms with Crippen molar-refractivity contribution in [2.24, 2.45) is 0 Å². The van der Waals surface area contributed by atoms with Crippen LogP contribution in [0.3, 0.4) is 0 Å². The van der Waals surface area contributed by atoms with E-state index in [0.717, 1.165) is 27.3 Å². The first kappa shape index (κ1) is 10.6. The van der Waals surface area contributed by atoms with E-state index in [2.05, 4.69) is 9.97 Å². The molecule has 0 aliphatic heterocycles. The van der Waals surface area contributed by atoms with E-state index in [9.17, 15) is 4.79 Å². The van der Waals surface area contributed by atoms with Crippen LogP contribution in [0.1, 0.15) is 0 Å². The van der Waals surface area contributed by atoms with Crippen molar-refractivity contribution in [2.45, 2.75) is 0 Å². The number of rotatable bonds is 0. The zero-order chi connectivity index (χ0) is 13.0. The number of hydrogen-bond acceptors (Lipinski definition) is 1. The van der Waals surface area contributed by atoms with E-state index >= 15 is 0 Å². The van der Waals surface area contributed by atoms with Crippen LogP contribution in [0.4, 0.5) is 0 Å². The van der Waals surface area contributed by atoms with Gasteiger partial charge in [0, 0.05) is 26.7 Å². The van der Waals surface area contributed by atoms with Gasteiger partial charge in [0.05, 0.1) is 0 Å². The van der Waals surface area contributed by atoms with Gasteiger partial charge in [-0.05, 0) is 29.7 Å². The number of hydrogen-bond donors (Lipinski definition) is 2. The molecule has 0 atom stereocenters. The van der Waals surface area contributed by atoms with Crippen LogP contribution >= 0.6 is 11.6 Å². The summed E-state index contributed by atoms with van der Waals surface area (Å²) in [7, 11) is 0. The van der Waals surface area contributed by atoms with Crippen LogP contribution < -0.4 is 5.56 Å². The molecule has 0 amide bonds. The molecule has 3 nitrogen and oxygen atoms in total. The summed E-state index contributed by atoms with van der Waals surface area (Å²) in [5.41, 5.74) is 1.62. The van der Waals surface area contributed by atoms with Crippen LogP contribution in [0.2, 0.25) is 5.02 Å². The smallest absolute Gasteiger partial charge is 0.257 e. The Balaban J connectivity index is 2.40. The first-order valence-electron chi connectivity index (χ1n) is 5.96. The van der Waals surface area contributed by atoms with Crippen LogP contribution in [0.15, 0.2) is 47.3 Å². The number of aromatic amines is 2. The molecule has 2 N–H and O–H groups in total. The van der Waals surface area contributed by atoms with Crippen molar-refractivity contribution in [3.63, 3.8) is 0 Å². The van der Waals surface area contributed by atoms with Gasteiger partial charge in [-0.1, -0.05) is 29.8 Å². The Bertz CT molecular complexity index is 997. The highest BCUT2D eigenvalue weighted by atomic mass is 35.5. The summed E-state index contributed by atoms with van der Waals surface area (Å²) < 4.78 is 0. The van der Waals surface area contributed by atoms with Gasteiger partial charge in [0.1, 0.15) is 5.65 Å². The molecular formula is C15H9ClN2O. The molecule has 0 spiro atoms.